The van der Waals surface area contributed by atoms with Crippen LogP contribution < -0.4 is 10.2 Å². The SMILES string of the molecule is Cc1cccc(NC(=O)C(=O)N2CCN(c3cccc(Cl)c3)CC2)n1. The Kier molecular flexibility index (Phi) is 5.19. The molecule has 25 heavy (non-hydrogen) atoms. The molecule has 1 fully saturated rings. The van der Waals surface area contributed by atoms with Crippen LogP contribution in [-0.4, -0.2) is 47.9 Å². The van der Waals surface area contributed by atoms with Crippen LogP contribution in [0.15, 0.2) is 42.5 Å². The molecule has 0 spiro atoms. The molecule has 0 aliphatic carbocycles. The molecule has 1 aromatic carbocycles. The summed E-state index contributed by atoms with van der Waals surface area (Å²) < 4.78 is 0. The number of piperazine rings is 1. The van der Waals surface area contributed by atoms with Crippen LogP contribution in [0, 0.1) is 6.92 Å². The number of nitrogens with one attached hydrogen (secondary N) is 1. The molecule has 2 aromatic rings. The number of aryl methyl sites for hydroxylation is 1. The fourth-order valence-electron chi connectivity index (χ4n) is 2.77. The van der Waals surface area contributed by atoms with Crippen molar-refractivity contribution >= 4 is 34.9 Å². The van der Waals surface area contributed by atoms with Crippen LogP contribution in [0.25, 0.3) is 0 Å². The Labute approximate surface area is 151 Å². The summed E-state index contributed by atoms with van der Waals surface area (Å²) >= 11 is 6.02. The fraction of sp³-hybridized carbons (Fsp3) is 0.278. The molecule has 2 heterocycles. The molecule has 1 saturated heterocycles. The van der Waals surface area contributed by atoms with Crippen LogP contribution in [0.4, 0.5) is 11.5 Å². The van der Waals surface area contributed by atoms with Gasteiger partial charge in [0.25, 0.3) is 0 Å². The van der Waals surface area contributed by atoms with E-state index in [1.54, 1.807) is 17.0 Å². The van der Waals surface area contributed by atoms with Gasteiger partial charge < -0.3 is 15.1 Å². The van der Waals surface area contributed by atoms with Crippen molar-refractivity contribution in [3.05, 3.63) is 53.2 Å². The molecule has 6 nitrogen and oxygen atoms in total. The normalized spacial score (nSPS) is 14.3. The summed E-state index contributed by atoms with van der Waals surface area (Å²) in [6.07, 6.45) is 0. The molecule has 1 N–H and O–H groups in total. The lowest BCUT2D eigenvalue weighted by Gasteiger charge is -2.35. The van der Waals surface area contributed by atoms with Gasteiger partial charge in [0.15, 0.2) is 0 Å². The molecule has 1 aliphatic heterocycles. The number of carbonyl (C=O) groups excluding carboxylic acids is 2. The first-order valence-corrected chi connectivity index (χ1v) is 8.45. The molecule has 3 rings (SSSR count). The van der Waals surface area contributed by atoms with Crippen LogP contribution >= 0.6 is 11.6 Å². The second-order valence-corrected chi connectivity index (χ2v) is 6.31. The van der Waals surface area contributed by atoms with Gasteiger partial charge in [0.1, 0.15) is 5.82 Å². The van der Waals surface area contributed by atoms with Gasteiger partial charge >= 0.3 is 11.8 Å². The van der Waals surface area contributed by atoms with E-state index in [2.05, 4.69) is 15.2 Å². The summed E-state index contributed by atoms with van der Waals surface area (Å²) in [5, 5.41) is 3.24. The summed E-state index contributed by atoms with van der Waals surface area (Å²) in [5.41, 5.74) is 1.80. The summed E-state index contributed by atoms with van der Waals surface area (Å²) in [4.78, 5) is 32.4. The molecule has 0 bridgehead atoms. The van der Waals surface area contributed by atoms with Gasteiger partial charge in [0.05, 0.1) is 0 Å². The predicted octanol–water partition coefficient (Wildman–Crippen LogP) is 2.33. The zero-order valence-corrected chi connectivity index (χ0v) is 14.7. The highest BCUT2D eigenvalue weighted by Gasteiger charge is 2.26. The van der Waals surface area contributed by atoms with Crippen molar-refractivity contribution in [1.82, 2.24) is 9.88 Å². The van der Waals surface area contributed by atoms with E-state index in [0.29, 0.717) is 37.0 Å². The lowest BCUT2D eigenvalue weighted by Crippen LogP contribution is -2.51. The first kappa shape index (κ1) is 17.2. The largest absolute Gasteiger partial charge is 0.368 e. The summed E-state index contributed by atoms with van der Waals surface area (Å²) in [6.45, 7) is 4.11. The van der Waals surface area contributed by atoms with E-state index >= 15 is 0 Å². The number of carbonyl (C=O) groups is 2. The van der Waals surface area contributed by atoms with E-state index in [1.165, 1.54) is 0 Å². The van der Waals surface area contributed by atoms with E-state index in [-0.39, 0.29) is 0 Å². The molecular weight excluding hydrogens is 340 g/mol. The number of rotatable bonds is 2. The minimum atomic E-state index is -0.658. The number of anilines is 2. The van der Waals surface area contributed by atoms with Crippen LogP contribution in [0.3, 0.4) is 0 Å². The van der Waals surface area contributed by atoms with Gasteiger partial charge in [-0.1, -0.05) is 23.7 Å². The summed E-state index contributed by atoms with van der Waals surface area (Å²) in [6, 6.07) is 12.9. The lowest BCUT2D eigenvalue weighted by atomic mass is 10.2. The zero-order chi connectivity index (χ0) is 17.8. The van der Waals surface area contributed by atoms with Crippen LogP contribution in [0.5, 0.6) is 0 Å². The Hall–Kier alpha value is -2.60. The monoisotopic (exact) mass is 358 g/mol. The number of amides is 2. The highest BCUT2D eigenvalue weighted by molar-refractivity contribution is 6.39. The van der Waals surface area contributed by atoms with Crippen LogP contribution in [0.2, 0.25) is 5.02 Å². The van der Waals surface area contributed by atoms with E-state index < -0.39 is 11.8 Å². The maximum Gasteiger partial charge on any atom is 0.315 e. The zero-order valence-electron chi connectivity index (χ0n) is 13.9. The Bertz CT molecular complexity index is 788. The third-order valence-corrected chi connectivity index (χ3v) is 4.30. The number of nitrogens with zero attached hydrogens (tertiary/aromatic N) is 3. The Morgan fingerprint density at radius 3 is 2.48 bits per heavy atom. The van der Waals surface area contributed by atoms with Gasteiger partial charge in [-0.05, 0) is 37.3 Å². The maximum atomic E-state index is 12.3. The second-order valence-electron chi connectivity index (χ2n) is 5.88. The van der Waals surface area contributed by atoms with Crippen molar-refractivity contribution in [2.75, 3.05) is 36.4 Å². The van der Waals surface area contributed by atoms with E-state index in [4.69, 9.17) is 11.6 Å². The van der Waals surface area contributed by atoms with Crippen LogP contribution in [-0.2, 0) is 9.59 Å². The van der Waals surface area contributed by atoms with Crippen molar-refractivity contribution < 1.29 is 9.59 Å². The van der Waals surface area contributed by atoms with Gasteiger partial charge in [0, 0.05) is 42.6 Å². The number of hydrogen-bond acceptors (Lipinski definition) is 4. The number of aromatic nitrogens is 1. The highest BCUT2D eigenvalue weighted by Crippen LogP contribution is 2.20. The number of benzene rings is 1. The molecule has 0 radical (unpaired) electrons. The average Bonchev–Trinajstić information content (AvgIpc) is 2.61. The molecule has 130 valence electrons. The lowest BCUT2D eigenvalue weighted by molar-refractivity contribution is -0.143. The van der Waals surface area contributed by atoms with Crippen molar-refractivity contribution in [2.24, 2.45) is 0 Å². The number of halogens is 1. The minimum Gasteiger partial charge on any atom is -0.368 e. The Balaban J connectivity index is 1.57. The van der Waals surface area contributed by atoms with Crippen LogP contribution in [0.1, 0.15) is 5.69 Å². The van der Waals surface area contributed by atoms with Gasteiger partial charge in [-0.3, -0.25) is 9.59 Å². The quantitative estimate of drug-likeness (QED) is 0.837. The van der Waals surface area contributed by atoms with E-state index in [0.717, 1.165) is 11.4 Å². The molecule has 7 heteroatoms. The highest BCUT2D eigenvalue weighted by atomic mass is 35.5. The first-order valence-electron chi connectivity index (χ1n) is 8.07. The molecule has 0 atom stereocenters. The molecule has 1 aromatic heterocycles. The minimum absolute atomic E-state index is 0.385. The molecule has 0 unspecified atom stereocenters. The standard InChI is InChI=1S/C18H19ClN4O2/c1-13-4-2-7-16(20-13)21-17(24)18(25)23-10-8-22(9-11-23)15-6-3-5-14(19)12-15/h2-7,12H,8-11H2,1H3,(H,20,21,24). The van der Waals surface area contributed by atoms with Gasteiger partial charge in [0.2, 0.25) is 0 Å². The second kappa shape index (κ2) is 7.53. The van der Waals surface area contributed by atoms with Gasteiger partial charge in [-0.25, -0.2) is 4.98 Å². The van der Waals surface area contributed by atoms with E-state index in [9.17, 15) is 9.59 Å². The fourth-order valence-corrected chi connectivity index (χ4v) is 2.95. The van der Waals surface area contributed by atoms with Crippen molar-refractivity contribution in [2.45, 2.75) is 6.92 Å². The third-order valence-electron chi connectivity index (χ3n) is 4.06. The van der Waals surface area contributed by atoms with E-state index in [1.807, 2.05) is 37.3 Å². The Morgan fingerprint density at radius 2 is 1.80 bits per heavy atom. The topological polar surface area (TPSA) is 65.5 Å². The average molecular weight is 359 g/mol. The third kappa shape index (κ3) is 4.28. The van der Waals surface area contributed by atoms with Gasteiger partial charge in [-0.15, -0.1) is 0 Å². The summed E-state index contributed by atoms with van der Waals surface area (Å²) in [7, 11) is 0. The van der Waals surface area contributed by atoms with Crippen molar-refractivity contribution in [1.29, 1.82) is 0 Å². The molecule has 2 amide bonds. The molecule has 0 saturated carbocycles. The first-order chi connectivity index (χ1) is 12.0. The van der Waals surface area contributed by atoms with Gasteiger partial charge in [-0.2, -0.15) is 0 Å². The number of pyridine rings is 1. The maximum absolute atomic E-state index is 12.3. The van der Waals surface area contributed by atoms with Crippen molar-refractivity contribution in [3.8, 4) is 0 Å². The molecular formula is C18H19ClN4O2. The van der Waals surface area contributed by atoms with Crippen molar-refractivity contribution in [3.63, 3.8) is 0 Å². The predicted molar refractivity (Wildman–Crippen MR) is 97.8 cm³/mol. The number of hydrogen-bond donors (Lipinski definition) is 1. The smallest absolute Gasteiger partial charge is 0.315 e. The molecule has 1 aliphatic rings. The summed E-state index contributed by atoms with van der Waals surface area (Å²) in [5.74, 6) is -0.806. The Morgan fingerprint density at radius 1 is 1.08 bits per heavy atom.